The van der Waals surface area contributed by atoms with E-state index in [0.29, 0.717) is 0 Å². The predicted molar refractivity (Wildman–Crippen MR) is 199 cm³/mol. The molecule has 0 fully saturated rings. The van der Waals surface area contributed by atoms with E-state index in [0.717, 1.165) is 66.9 Å². The van der Waals surface area contributed by atoms with Crippen LogP contribution in [0.1, 0.15) is 0 Å². The summed E-state index contributed by atoms with van der Waals surface area (Å²) >= 11 is 0. The van der Waals surface area contributed by atoms with Gasteiger partial charge in [-0.15, -0.1) is 0 Å². The van der Waals surface area contributed by atoms with Crippen LogP contribution in [0.25, 0.3) is 88.4 Å². The molecule has 3 aromatic heterocycles. The Morgan fingerprint density at radius 2 is 1.02 bits per heavy atom. The molecular weight excluding hydrogens is 585 g/mol. The monoisotopic (exact) mass is 612 g/mol. The average Bonchev–Trinajstić information content (AvgIpc) is 3.73. The van der Waals surface area contributed by atoms with E-state index in [2.05, 4.69) is 161 Å². The Labute approximate surface area is 276 Å². The summed E-state index contributed by atoms with van der Waals surface area (Å²) in [6.45, 7) is 0. The summed E-state index contributed by atoms with van der Waals surface area (Å²) in [6, 6.07) is 58.2. The Balaban J connectivity index is 1.23. The zero-order valence-corrected chi connectivity index (χ0v) is 26.0. The van der Waals surface area contributed by atoms with E-state index in [1.165, 1.54) is 21.5 Å². The second kappa shape index (κ2) is 10.5. The van der Waals surface area contributed by atoms with Crippen LogP contribution in [-0.2, 0) is 0 Å². The minimum absolute atomic E-state index is 0.928. The number of hydrogen-bond donors (Lipinski definition) is 0. The molecule has 10 aromatic rings. The van der Waals surface area contributed by atoms with Crippen LogP contribution >= 0.6 is 0 Å². The lowest BCUT2D eigenvalue weighted by Gasteiger charge is -2.14. The summed E-state index contributed by atoms with van der Waals surface area (Å²) in [5.74, 6) is 0.928. The maximum atomic E-state index is 5.40. The van der Waals surface area contributed by atoms with Gasteiger partial charge in [0.05, 0.1) is 16.6 Å². The standard InChI is InChI=1S/C44H28N4/c1-3-13-29(14-4-1)43-46-41-36-21-9-7-19-34(36)35-20-8-10-22-37(35)42(41)48(43)33-18-11-15-30(27-33)31-24-25-40-39(28-31)38-23-12-26-45-44(38)47(40)32-16-5-2-6-17-32/h1-28H. The summed E-state index contributed by atoms with van der Waals surface area (Å²) in [6.07, 6.45) is 1.87. The average molecular weight is 613 g/mol. The first kappa shape index (κ1) is 26.7. The van der Waals surface area contributed by atoms with Crippen molar-refractivity contribution in [1.29, 1.82) is 0 Å². The highest BCUT2D eigenvalue weighted by molar-refractivity contribution is 6.24. The summed E-state index contributed by atoms with van der Waals surface area (Å²) in [7, 11) is 0. The van der Waals surface area contributed by atoms with Crippen LogP contribution in [0.5, 0.6) is 0 Å². The van der Waals surface area contributed by atoms with E-state index in [9.17, 15) is 0 Å². The molecule has 0 saturated heterocycles. The van der Waals surface area contributed by atoms with Gasteiger partial charge in [0.25, 0.3) is 0 Å². The lowest BCUT2D eigenvalue weighted by Crippen LogP contribution is -1.98. The Hall–Kier alpha value is -6.52. The summed E-state index contributed by atoms with van der Waals surface area (Å²) in [5, 5.41) is 7.11. The maximum absolute atomic E-state index is 5.40. The van der Waals surface area contributed by atoms with Gasteiger partial charge >= 0.3 is 0 Å². The molecule has 0 N–H and O–H groups in total. The molecule has 48 heavy (non-hydrogen) atoms. The predicted octanol–water partition coefficient (Wildman–Crippen LogP) is 11.2. The molecule has 0 aliphatic rings. The fourth-order valence-corrected chi connectivity index (χ4v) is 7.43. The molecule has 0 spiro atoms. The smallest absolute Gasteiger partial charge is 0.145 e. The number of aromatic nitrogens is 4. The van der Waals surface area contributed by atoms with Gasteiger partial charge in [-0.1, -0.05) is 115 Å². The van der Waals surface area contributed by atoms with Gasteiger partial charge < -0.3 is 0 Å². The molecule has 4 heteroatoms. The quantitative estimate of drug-likeness (QED) is 0.185. The van der Waals surface area contributed by atoms with Gasteiger partial charge in [0.15, 0.2) is 0 Å². The SMILES string of the molecule is c1ccc(-c2nc3c4ccccc4c4ccccc4c3n2-c2cccc(-c3ccc4c(c3)c3cccnc3n4-c3ccccc3)c2)cc1. The van der Waals surface area contributed by atoms with E-state index >= 15 is 0 Å². The van der Waals surface area contributed by atoms with Gasteiger partial charge in [-0.3, -0.25) is 9.13 Å². The zero-order valence-electron chi connectivity index (χ0n) is 26.0. The summed E-state index contributed by atoms with van der Waals surface area (Å²) in [4.78, 5) is 10.2. The molecule has 0 amide bonds. The molecule has 0 aliphatic carbocycles. The molecule has 7 aromatic carbocycles. The third-order valence-electron chi connectivity index (χ3n) is 9.54. The van der Waals surface area contributed by atoms with Crippen LogP contribution in [0.4, 0.5) is 0 Å². The molecule has 4 nitrogen and oxygen atoms in total. The first-order valence-electron chi connectivity index (χ1n) is 16.3. The Bertz CT molecular complexity index is 2830. The number of hydrogen-bond acceptors (Lipinski definition) is 2. The van der Waals surface area contributed by atoms with Gasteiger partial charge in [0.2, 0.25) is 0 Å². The second-order valence-electron chi connectivity index (χ2n) is 12.3. The molecule has 0 bridgehead atoms. The molecular formula is C44H28N4. The van der Waals surface area contributed by atoms with Crippen LogP contribution in [0.15, 0.2) is 170 Å². The second-order valence-corrected chi connectivity index (χ2v) is 12.3. The van der Waals surface area contributed by atoms with Crippen LogP contribution in [0.3, 0.4) is 0 Å². The largest absolute Gasteiger partial charge is 0.294 e. The van der Waals surface area contributed by atoms with Crippen LogP contribution < -0.4 is 0 Å². The molecule has 0 saturated carbocycles. The number of imidazole rings is 1. The van der Waals surface area contributed by atoms with Gasteiger partial charge in [-0.2, -0.15) is 0 Å². The van der Waals surface area contributed by atoms with Crippen LogP contribution in [0.2, 0.25) is 0 Å². The minimum Gasteiger partial charge on any atom is -0.294 e. The molecule has 3 heterocycles. The van der Waals surface area contributed by atoms with E-state index in [-0.39, 0.29) is 0 Å². The van der Waals surface area contributed by atoms with Crippen molar-refractivity contribution >= 4 is 54.5 Å². The van der Waals surface area contributed by atoms with Crippen LogP contribution in [-0.4, -0.2) is 19.1 Å². The highest BCUT2D eigenvalue weighted by Gasteiger charge is 2.20. The minimum atomic E-state index is 0.928. The van der Waals surface area contributed by atoms with E-state index in [1.54, 1.807) is 0 Å². The van der Waals surface area contributed by atoms with Crippen molar-refractivity contribution in [3.8, 4) is 33.9 Å². The number of pyridine rings is 1. The third kappa shape index (κ3) is 3.96. The van der Waals surface area contributed by atoms with Crippen LogP contribution in [0, 0.1) is 0 Å². The fourth-order valence-electron chi connectivity index (χ4n) is 7.43. The first-order valence-corrected chi connectivity index (χ1v) is 16.3. The number of nitrogens with zero attached hydrogens (tertiary/aromatic N) is 4. The van der Waals surface area contributed by atoms with Crippen molar-refractivity contribution < 1.29 is 0 Å². The van der Waals surface area contributed by atoms with E-state index in [4.69, 9.17) is 9.97 Å². The Kier molecular flexibility index (Phi) is 5.84. The topological polar surface area (TPSA) is 35.6 Å². The molecule has 224 valence electrons. The maximum Gasteiger partial charge on any atom is 0.145 e. The van der Waals surface area contributed by atoms with E-state index in [1.807, 2.05) is 18.3 Å². The van der Waals surface area contributed by atoms with Gasteiger partial charge in [0.1, 0.15) is 11.5 Å². The molecule has 0 aliphatic heterocycles. The highest BCUT2D eigenvalue weighted by Crippen LogP contribution is 2.40. The third-order valence-corrected chi connectivity index (χ3v) is 9.54. The van der Waals surface area contributed by atoms with Crippen molar-refractivity contribution in [3.63, 3.8) is 0 Å². The Morgan fingerprint density at radius 3 is 1.83 bits per heavy atom. The lowest BCUT2D eigenvalue weighted by molar-refractivity contribution is 1.11. The molecule has 0 unspecified atom stereocenters. The zero-order chi connectivity index (χ0) is 31.6. The van der Waals surface area contributed by atoms with Gasteiger partial charge in [0, 0.05) is 44.7 Å². The molecule has 10 rings (SSSR count). The van der Waals surface area contributed by atoms with Gasteiger partial charge in [-0.25, -0.2) is 9.97 Å². The van der Waals surface area contributed by atoms with Gasteiger partial charge in [-0.05, 0) is 70.4 Å². The summed E-state index contributed by atoms with van der Waals surface area (Å²) in [5.41, 5.74) is 9.78. The van der Waals surface area contributed by atoms with Crippen molar-refractivity contribution in [2.45, 2.75) is 0 Å². The lowest BCUT2D eigenvalue weighted by atomic mass is 9.99. The van der Waals surface area contributed by atoms with Crippen molar-refractivity contribution in [2.24, 2.45) is 0 Å². The normalized spacial score (nSPS) is 11.8. The fraction of sp³-hybridized carbons (Fsp3) is 0. The number of para-hydroxylation sites is 1. The summed E-state index contributed by atoms with van der Waals surface area (Å²) < 4.78 is 4.61. The highest BCUT2D eigenvalue weighted by atomic mass is 15.1. The van der Waals surface area contributed by atoms with Crippen molar-refractivity contribution in [2.75, 3.05) is 0 Å². The molecule has 0 radical (unpaired) electrons. The molecule has 0 atom stereocenters. The number of rotatable bonds is 4. The number of fused-ring (bicyclic) bond motifs is 9. The Morgan fingerprint density at radius 1 is 0.396 bits per heavy atom. The first-order chi connectivity index (χ1) is 23.8. The number of benzene rings is 7. The van der Waals surface area contributed by atoms with Crippen molar-refractivity contribution in [1.82, 2.24) is 19.1 Å². The van der Waals surface area contributed by atoms with E-state index < -0.39 is 0 Å². The van der Waals surface area contributed by atoms with Crippen molar-refractivity contribution in [3.05, 3.63) is 170 Å².